The Bertz CT molecular complexity index is 473. The van der Waals surface area contributed by atoms with Crippen LogP contribution in [-0.2, 0) is 6.42 Å². The van der Waals surface area contributed by atoms with Gasteiger partial charge in [-0.3, -0.25) is 4.98 Å². The van der Waals surface area contributed by atoms with Gasteiger partial charge in [-0.1, -0.05) is 6.07 Å². The first-order valence-electron chi connectivity index (χ1n) is 5.78. The third-order valence-electron chi connectivity index (χ3n) is 2.48. The summed E-state index contributed by atoms with van der Waals surface area (Å²) in [6.07, 6.45) is 2.53. The molecular weight excluding hydrogens is 247 g/mol. The first-order valence-corrected chi connectivity index (χ1v) is 6.76. The third kappa shape index (κ3) is 4.13. The van der Waals surface area contributed by atoms with Gasteiger partial charge in [0.25, 0.3) is 0 Å². The number of thioether (sulfide) groups is 1. The summed E-state index contributed by atoms with van der Waals surface area (Å²) in [7, 11) is 0. The molecule has 1 atom stereocenters. The molecule has 1 heterocycles. The minimum absolute atomic E-state index is 0.0509. The van der Waals surface area contributed by atoms with Crippen molar-refractivity contribution in [3.05, 3.63) is 60.2 Å². The largest absolute Gasteiger partial charge is 0.327 e. The van der Waals surface area contributed by atoms with Gasteiger partial charge in [-0.15, -0.1) is 11.8 Å². The molecule has 1 unspecified atom stereocenters. The van der Waals surface area contributed by atoms with E-state index in [4.69, 9.17) is 5.73 Å². The normalized spacial score (nSPS) is 12.3. The molecule has 1 aromatic carbocycles. The highest BCUT2D eigenvalue weighted by atomic mass is 32.2. The van der Waals surface area contributed by atoms with Crippen molar-refractivity contribution >= 4 is 11.8 Å². The molecule has 0 amide bonds. The number of aromatic nitrogens is 1. The summed E-state index contributed by atoms with van der Waals surface area (Å²) in [5, 5.41) is 0. The smallest absolute Gasteiger partial charge is 0.123 e. The van der Waals surface area contributed by atoms with Crippen LogP contribution < -0.4 is 5.73 Å². The van der Waals surface area contributed by atoms with Gasteiger partial charge in [0.15, 0.2) is 0 Å². The van der Waals surface area contributed by atoms with Crippen LogP contribution in [0.1, 0.15) is 5.69 Å². The average Bonchev–Trinajstić information content (AvgIpc) is 2.39. The van der Waals surface area contributed by atoms with E-state index in [0.717, 1.165) is 22.8 Å². The van der Waals surface area contributed by atoms with Crippen molar-refractivity contribution in [2.45, 2.75) is 17.4 Å². The molecule has 0 aliphatic rings. The van der Waals surface area contributed by atoms with Gasteiger partial charge in [-0.25, -0.2) is 4.39 Å². The van der Waals surface area contributed by atoms with Crippen molar-refractivity contribution in [1.82, 2.24) is 4.98 Å². The summed E-state index contributed by atoms with van der Waals surface area (Å²) >= 11 is 1.64. The van der Waals surface area contributed by atoms with Gasteiger partial charge in [0.2, 0.25) is 0 Å². The van der Waals surface area contributed by atoms with E-state index in [1.54, 1.807) is 30.1 Å². The summed E-state index contributed by atoms with van der Waals surface area (Å²) < 4.78 is 12.7. The van der Waals surface area contributed by atoms with E-state index in [2.05, 4.69) is 4.98 Å². The molecule has 0 spiro atoms. The SMILES string of the molecule is NC(CSc1ccc(F)cc1)Cc1ccccn1. The second-order valence-electron chi connectivity index (χ2n) is 4.05. The van der Waals surface area contributed by atoms with E-state index in [1.165, 1.54) is 12.1 Å². The molecule has 0 saturated carbocycles. The summed E-state index contributed by atoms with van der Waals surface area (Å²) in [6.45, 7) is 0. The van der Waals surface area contributed by atoms with Crippen molar-refractivity contribution < 1.29 is 4.39 Å². The first-order chi connectivity index (χ1) is 8.74. The number of nitrogens with zero attached hydrogens (tertiary/aromatic N) is 1. The average molecular weight is 262 g/mol. The number of pyridine rings is 1. The van der Waals surface area contributed by atoms with Crippen LogP contribution in [-0.4, -0.2) is 16.8 Å². The molecule has 0 bridgehead atoms. The molecule has 2 nitrogen and oxygen atoms in total. The highest BCUT2D eigenvalue weighted by Gasteiger charge is 2.05. The maximum Gasteiger partial charge on any atom is 0.123 e. The van der Waals surface area contributed by atoms with Crippen molar-refractivity contribution in [2.24, 2.45) is 5.73 Å². The van der Waals surface area contributed by atoms with E-state index < -0.39 is 0 Å². The molecule has 0 aliphatic carbocycles. The Balaban J connectivity index is 1.81. The zero-order valence-corrected chi connectivity index (χ0v) is 10.7. The maximum absolute atomic E-state index is 12.7. The maximum atomic E-state index is 12.7. The van der Waals surface area contributed by atoms with Crippen LogP contribution in [0.3, 0.4) is 0 Å². The molecule has 0 fully saturated rings. The van der Waals surface area contributed by atoms with Crippen molar-refractivity contribution in [1.29, 1.82) is 0 Å². The summed E-state index contributed by atoms with van der Waals surface area (Å²) in [5.74, 6) is 0.583. The molecule has 4 heteroatoms. The number of rotatable bonds is 5. The van der Waals surface area contributed by atoms with Crippen LogP contribution in [0.25, 0.3) is 0 Å². The van der Waals surface area contributed by atoms with E-state index in [-0.39, 0.29) is 11.9 Å². The highest BCUT2D eigenvalue weighted by Crippen LogP contribution is 2.19. The Morgan fingerprint density at radius 3 is 2.61 bits per heavy atom. The van der Waals surface area contributed by atoms with E-state index in [9.17, 15) is 4.39 Å². The van der Waals surface area contributed by atoms with Crippen LogP contribution in [0.2, 0.25) is 0 Å². The summed E-state index contributed by atoms with van der Waals surface area (Å²) in [5.41, 5.74) is 7.05. The molecule has 1 aromatic heterocycles. The number of hydrogen-bond acceptors (Lipinski definition) is 3. The fourth-order valence-electron chi connectivity index (χ4n) is 1.58. The Kier molecular flexibility index (Phi) is 4.73. The molecule has 0 saturated heterocycles. The molecule has 18 heavy (non-hydrogen) atoms. The molecule has 94 valence electrons. The van der Waals surface area contributed by atoms with Crippen LogP contribution >= 0.6 is 11.8 Å². The number of nitrogens with two attached hydrogens (primary N) is 1. The Labute approximate surface area is 110 Å². The van der Waals surface area contributed by atoms with Gasteiger partial charge in [-0.2, -0.15) is 0 Å². The monoisotopic (exact) mass is 262 g/mol. The predicted octanol–water partition coefficient (Wildman–Crippen LogP) is 2.88. The van der Waals surface area contributed by atoms with Crippen molar-refractivity contribution in [3.8, 4) is 0 Å². The molecule has 2 aromatic rings. The number of benzene rings is 1. The lowest BCUT2D eigenvalue weighted by Crippen LogP contribution is -2.25. The minimum atomic E-state index is -0.211. The van der Waals surface area contributed by atoms with E-state index >= 15 is 0 Å². The summed E-state index contributed by atoms with van der Waals surface area (Å²) in [4.78, 5) is 5.28. The van der Waals surface area contributed by atoms with Crippen molar-refractivity contribution in [3.63, 3.8) is 0 Å². The standard InChI is InChI=1S/C14H15FN2S/c15-11-4-6-14(7-5-11)18-10-12(16)9-13-3-1-2-8-17-13/h1-8,12H,9-10,16H2. The van der Waals surface area contributed by atoms with Gasteiger partial charge >= 0.3 is 0 Å². The Morgan fingerprint density at radius 2 is 1.94 bits per heavy atom. The lowest BCUT2D eigenvalue weighted by molar-refractivity contribution is 0.626. The van der Waals surface area contributed by atoms with Crippen LogP contribution in [0.5, 0.6) is 0 Å². The fraction of sp³-hybridized carbons (Fsp3) is 0.214. The first kappa shape index (κ1) is 13.1. The zero-order valence-electron chi connectivity index (χ0n) is 9.92. The van der Waals surface area contributed by atoms with Gasteiger partial charge in [0.05, 0.1) is 0 Å². The Hall–Kier alpha value is -1.39. The fourth-order valence-corrected chi connectivity index (χ4v) is 2.43. The molecule has 0 aliphatic heterocycles. The topological polar surface area (TPSA) is 38.9 Å². The summed E-state index contributed by atoms with van der Waals surface area (Å²) in [6, 6.07) is 12.3. The molecular formula is C14H15FN2S. The van der Waals surface area contributed by atoms with Crippen LogP contribution in [0, 0.1) is 5.82 Å². The van der Waals surface area contributed by atoms with Gasteiger partial charge in [0, 0.05) is 35.0 Å². The second kappa shape index (κ2) is 6.52. The number of halogens is 1. The van der Waals surface area contributed by atoms with Gasteiger partial charge in [0.1, 0.15) is 5.82 Å². The number of hydrogen-bond donors (Lipinski definition) is 1. The molecule has 2 N–H and O–H groups in total. The van der Waals surface area contributed by atoms with E-state index in [1.807, 2.05) is 18.2 Å². The van der Waals surface area contributed by atoms with Gasteiger partial charge < -0.3 is 5.73 Å². The molecule has 0 radical (unpaired) electrons. The van der Waals surface area contributed by atoms with Crippen LogP contribution in [0.15, 0.2) is 53.6 Å². The van der Waals surface area contributed by atoms with Crippen molar-refractivity contribution in [2.75, 3.05) is 5.75 Å². The Morgan fingerprint density at radius 1 is 1.17 bits per heavy atom. The van der Waals surface area contributed by atoms with Crippen LogP contribution in [0.4, 0.5) is 4.39 Å². The highest BCUT2D eigenvalue weighted by molar-refractivity contribution is 7.99. The van der Waals surface area contributed by atoms with Gasteiger partial charge in [-0.05, 0) is 36.4 Å². The minimum Gasteiger partial charge on any atom is -0.327 e. The third-order valence-corrected chi connectivity index (χ3v) is 3.68. The predicted molar refractivity (Wildman–Crippen MR) is 73.0 cm³/mol. The second-order valence-corrected chi connectivity index (χ2v) is 5.14. The zero-order chi connectivity index (χ0) is 12.8. The van der Waals surface area contributed by atoms with E-state index in [0.29, 0.717) is 0 Å². The molecule has 2 rings (SSSR count). The lowest BCUT2D eigenvalue weighted by Gasteiger charge is -2.10. The lowest BCUT2D eigenvalue weighted by atomic mass is 10.2. The quantitative estimate of drug-likeness (QED) is 0.842.